The number of aliphatic hydroxyl groups excluding tert-OH is 1. The molecule has 2 aromatic carbocycles. The number of thioether (sulfide) groups is 1. The zero-order valence-corrected chi connectivity index (χ0v) is 70.7. The number of nitrogens with one attached hydrogen (secondary N) is 5. The minimum Gasteiger partial charge on any atom is -0.480 e. The van der Waals surface area contributed by atoms with Gasteiger partial charge in [0, 0.05) is 129 Å². The number of nitrogens with two attached hydrogens (primary N) is 2. The number of hydrogen-bond donors (Lipinski definition) is 9. The second kappa shape index (κ2) is 52.4. The second-order valence-corrected chi connectivity index (χ2v) is 32.4. The molecular formula is C83H132N10O20S. The van der Waals surface area contributed by atoms with Crippen molar-refractivity contribution in [2.24, 2.45) is 58.8 Å². The number of benzene rings is 2. The Bertz CT molecular complexity index is 3420. The van der Waals surface area contributed by atoms with Crippen LogP contribution in [0, 0.1) is 47.3 Å². The first-order valence-electron chi connectivity index (χ1n) is 40.2. The predicted octanol–water partition coefficient (Wildman–Crippen LogP) is 7.91. The number of rotatable bonds is 57. The average molecular weight is 1620 g/mol. The van der Waals surface area contributed by atoms with Crippen LogP contribution in [0.5, 0.6) is 0 Å². The third-order valence-electron chi connectivity index (χ3n) is 21.3. The summed E-state index contributed by atoms with van der Waals surface area (Å²) in [6.45, 7) is 20.5. The summed E-state index contributed by atoms with van der Waals surface area (Å²) in [5, 5.41) is 33.1. The minimum atomic E-state index is -1.28. The van der Waals surface area contributed by atoms with Gasteiger partial charge in [-0.05, 0) is 105 Å². The van der Waals surface area contributed by atoms with E-state index in [2.05, 4.69) is 26.6 Å². The molecule has 1 saturated heterocycles. The number of carboxylic acids is 1. The Morgan fingerprint density at radius 2 is 1.33 bits per heavy atom. The van der Waals surface area contributed by atoms with Crippen molar-refractivity contribution in [3.05, 3.63) is 65.7 Å². The minimum absolute atomic E-state index is 0.0375. The number of urea groups is 1. The van der Waals surface area contributed by atoms with Gasteiger partial charge in [0.2, 0.25) is 35.4 Å². The first-order valence-corrected chi connectivity index (χ1v) is 41.2. The lowest BCUT2D eigenvalue weighted by Crippen LogP contribution is -2.54. The Kier molecular flexibility index (Phi) is 45.9. The lowest BCUT2D eigenvalue weighted by atomic mass is 9.83. The molecule has 31 heteroatoms. The van der Waals surface area contributed by atoms with E-state index in [9.17, 15) is 77.3 Å². The van der Waals surface area contributed by atoms with E-state index in [-0.39, 0.29) is 156 Å². The SMILES string of the molecule is CC[C@H](C)[C@@H]([C@@H](CC(=O)N1CCC[C@H]1[C@H](OC)[C@@H](C)C(=O)C[C@H](C)[C@@H](O)c1ccccc1)OC)N(C)C(=O)[C@@H](CC(=O)[C@H](C(C)C)N(C)C(=O)OCc1ccc(NC(=O)[C@H](CCCNC(N)=O)CC(=O)[C@@H](NC(=O)CCCCCNC(=O)CC(SCC(NC(=O)CCOCCCC(=O)CN)C(C)=O)C(=O)O)C(C)C)cc1)C(C)C. The number of likely N-dealkylation sites (N-methyl/N-ethyl adjacent to an activating group) is 2. The summed E-state index contributed by atoms with van der Waals surface area (Å²) >= 11 is 0.843. The number of carbonyl (C=O) groups is 14. The number of Topliss-reactive ketones (excluding diaryl/α,β-unsaturated/α-hetero) is 5. The van der Waals surface area contributed by atoms with Crippen molar-refractivity contribution in [1.29, 1.82) is 0 Å². The molecule has 0 spiro atoms. The lowest BCUT2D eigenvalue weighted by molar-refractivity contribution is -0.149. The molecule has 1 heterocycles. The third kappa shape index (κ3) is 34.3. The Hall–Kier alpha value is -8.23. The second-order valence-electron chi connectivity index (χ2n) is 31.2. The van der Waals surface area contributed by atoms with Gasteiger partial charge in [-0.15, -0.1) is 11.8 Å². The highest BCUT2D eigenvalue weighted by atomic mass is 32.2. The van der Waals surface area contributed by atoms with Gasteiger partial charge in [-0.2, -0.15) is 0 Å². The maximum absolute atomic E-state index is 14.9. The van der Waals surface area contributed by atoms with Crippen molar-refractivity contribution >= 4 is 99.9 Å². The maximum Gasteiger partial charge on any atom is 0.410 e. The van der Waals surface area contributed by atoms with Gasteiger partial charge in [-0.3, -0.25) is 57.5 Å². The molecule has 0 bridgehead atoms. The van der Waals surface area contributed by atoms with Crippen LogP contribution in [0.3, 0.4) is 0 Å². The summed E-state index contributed by atoms with van der Waals surface area (Å²) in [5.41, 5.74) is 12.2. The van der Waals surface area contributed by atoms with Crippen molar-refractivity contribution in [3.63, 3.8) is 0 Å². The number of anilines is 1. The van der Waals surface area contributed by atoms with E-state index in [1.165, 1.54) is 26.0 Å². The number of carboxylic acid groups (broad SMARTS) is 1. The molecule has 114 heavy (non-hydrogen) atoms. The first kappa shape index (κ1) is 100.0. The lowest BCUT2D eigenvalue weighted by Gasteiger charge is -2.41. The van der Waals surface area contributed by atoms with E-state index in [1.807, 2.05) is 71.9 Å². The number of aliphatic hydroxyl groups is 1. The largest absolute Gasteiger partial charge is 0.480 e. The number of amides is 9. The van der Waals surface area contributed by atoms with Crippen LogP contribution in [0.15, 0.2) is 54.6 Å². The molecular weight excluding hydrogens is 1490 g/mol. The zero-order chi connectivity index (χ0) is 85.5. The van der Waals surface area contributed by atoms with Gasteiger partial charge < -0.3 is 81.9 Å². The normalized spacial score (nSPS) is 16.3. The Balaban J connectivity index is 1.60. The zero-order valence-electron chi connectivity index (χ0n) is 69.8. The topological polar surface area (TPSA) is 438 Å². The molecule has 3 rings (SSSR count). The highest BCUT2D eigenvalue weighted by Crippen LogP contribution is 2.34. The van der Waals surface area contributed by atoms with Crippen molar-refractivity contribution in [2.45, 2.75) is 246 Å². The van der Waals surface area contributed by atoms with Crippen LogP contribution in [0.2, 0.25) is 0 Å². The van der Waals surface area contributed by atoms with Crippen molar-refractivity contribution in [1.82, 2.24) is 36.0 Å². The van der Waals surface area contributed by atoms with E-state index in [0.29, 0.717) is 62.7 Å². The number of likely N-dealkylation sites (tertiary alicyclic amines) is 1. The summed E-state index contributed by atoms with van der Waals surface area (Å²) in [7, 11) is 6.20. The average Bonchev–Trinajstić information content (AvgIpc) is 1.53. The molecule has 0 radical (unpaired) electrons. The van der Waals surface area contributed by atoms with Crippen molar-refractivity contribution < 1.29 is 96.3 Å². The van der Waals surface area contributed by atoms with Crippen molar-refractivity contribution in [2.75, 3.05) is 78.8 Å². The monoisotopic (exact) mass is 1620 g/mol. The highest BCUT2D eigenvalue weighted by molar-refractivity contribution is 8.00. The predicted molar refractivity (Wildman–Crippen MR) is 434 cm³/mol. The van der Waals surface area contributed by atoms with Gasteiger partial charge in [0.05, 0.1) is 68.1 Å². The Morgan fingerprint density at radius 3 is 1.92 bits per heavy atom. The molecule has 30 nitrogen and oxygen atoms in total. The third-order valence-corrected chi connectivity index (χ3v) is 22.6. The molecule has 1 aliphatic heterocycles. The van der Waals surface area contributed by atoms with Crippen LogP contribution < -0.4 is 38.1 Å². The van der Waals surface area contributed by atoms with Crippen LogP contribution in [-0.4, -0.2) is 228 Å². The Labute approximate surface area is 678 Å². The molecule has 9 amide bonds. The van der Waals surface area contributed by atoms with E-state index in [1.54, 1.807) is 75.9 Å². The number of methoxy groups -OCH3 is 2. The van der Waals surface area contributed by atoms with Gasteiger partial charge in [0.15, 0.2) is 17.3 Å². The summed E-state index contributed by atoms with van der Waals surface area (Å²) in [5.74, 6) is -9.14. The molecule has 1 fully saturated rings. The standard InChI is InChI=1S/C83H132N10O20S/c1-16-53(8)76(68(110-14)45-73(102)93-39-24-30-64(93)78(111-15)55(10)65(96)42-54(9)77(103)58-26-19-17-20-27-58)91(12)80(105)62(50(2)3)44-67(98)75(52(6)7)92(13)83(109)113-48-57-32-34-60(35-33-57)88-79(104)59(28-23-38-87-82(85)108)43-66(97)74(51(4)5)90-70(99)31-21-18-22-37-86-72(101)46-69(81(106)107)114-49-63(56(11)94)89-71(100)36-41-112-40-25-29-61(95)47-84/h17,19-20,26-27,32-35,50-55,59,62-64,68-69,74-78,103H,16,18,21-25,28-31,36-49,84H2,1-15H3,(H,86,101)(H,88,104)(H,89,100)(H,90,99)(H,106,107)(H3,85,87,108)/t53-,54-,55-,59+,62-,63?,64-,68+,69?,74-,75-,76-,77+,78+/m0/s1. The van der Waals surface area contributed by atoms with Gasteiger partial charge in [-0.1, -0.05) is 125 Å². The van der Waals surface area contributed by atoms with Gasteiger partial charge in [0.25, 0.3) is 0 Å². The quantitative estimate of drug-likeness (QED) is 0.0284. The Morgan fingerprint density at radius 1 is 0.675 bits per heavy atom. The molecule has 11 N–H and O–H groups in total. The van der Waals surface area contributed by atoms with Crippen LogP contribution in [-0.2, 0) is 83.1 Å². The van der Waals surface area contributed by atoms with Gasteiger partial charge >= 0.3 is 18.1 Å². The number of nitrogens with zero attached hydrogens (tertiary/aromatic N) is 3. The van der Waals surface area contributed by atoms with Crippen LogP contribution in [0.1, 0.15) is 203 Å². The van der Waals surface area contributed by atoms with Gasteiger partial charge in [0.1, 0.15) is 23.4 Å². The molecule has 1 aliphatic rings. The first-order chi connectivity index (χ1) is 53.9. The molecule has 0 aromatic heterocycles. The molecule has 0 aliphatic carbocycles. The number of aliphatic carboxylic acids is 1. The van der Waals surface area contributed by atoms with E-state index in [0.717, 1.165) is 17.3 Å². The fourth-order valence-corrected chi connectivity index (χ4v) is 15.5. The fraction of sp³-hybridized carbons (Fsp3) is 0.687. The number of unbranched alkanes of at least 4 members (excludes halogenated alkanes) is 2. The molecule has 2 aromatic rings. The number of ketones is 5. The summed E-state index contributed by atoms with van der Waals surface area (Å²) in [6.07, 6.45) is 0.550. The highest BCUT2D eigenvalue weighted by Gasteiger charge is 2.44. The summed E-state index contributed by atoms with van der Waals surface area (Å²) in [6, 6.07) is 10.9. The maximum atomic E-state index is 14.9. The van der Waals surface area contributed by atoms with Crippen LogP contribution in [0.4, 0.5) is 15.3 Å². The fourth-order valence-electron chi connectivity index (χ4n) is 14.3. The van der Waals surface area contributed by atoms with Crippen LogP contribution in [0.25, 0.3) is 0 Å². The molecule has 2 unspecified atom stereocenters. The number of hydrogen-bond acceptors (Lipinski definition) is 21. The molecule has 640 valence electrons. The van der Waals surface area contributed by atoms with Crippen molar-refractivity contribution in [3.8, 4) is 0 Å². The molecule has 0 saturated carbocycles. The van der Waals surface area contributed by atoms with Crippen LogP contribution >= 0.6 is 11.8 Å². The van der Waals surface area contributed by atoms with E-state index in [4.69, 9.17) is 30.4 Å². The van der Waals surface area contributed by atoms with E-state index < -0.39 is 137 Å². The summed E-state index contributed by atoms with van der Waals surface area (Å²) < 4.78 is 23.3. The smallest absolute Gasteiger partial charge is 0.410 e. The van der Waals surface area contributed by atoms with Gasteiger partial charge in [-0.25, -0.2) is 9.59 Å². The number of carbonyl (C=O) groups excluding carboxylic acids is 13. The number of ether oxygens (including phenoxy) is 4. The summed E-state index contributed by atoms with van der Waals surface area (Å²) in [4.78, 5) is 190. The van der Waals surface area contributed by atoms with E-state index >= 15 is 0 Å². The molecule has 14 atom stereocenters. The number of primary amides is 1.